The van der Waals surface area contributed by atoms with Crippen LogP contribution in [0.5, 0.6) is 0 Å². The highest BCUT2D eigenvalue weighted by molar-refractivity contribution is 7.15. The molecule has 3 aromatic heterocycles. The number of hydrogen-bond acceptors (Lipinski definition) is 5. The molecule has 7 heteroatoms. The molecular weight excluding hydrogens is 418 g/mol. The summed E-state index contributed by atoms with van der Waals surface area (Å²) in [5.41, 5.74) is 4.72. The van der Waals surface area contributed by atoms with Crippen LogP contribution in [0, 0.1) is 19.8 Å². The van der Waals surface area contributed by atoms with Crippen LogP contribution in [0.3, 0.4) is 0 Å². The Morgan fingerprint density at radius 3 is 2.84 bits per heavy atom. The van der Waals surface area contributed by atoms with Gasteiger partial charge in [-0.15, -0.1) is 11.3 Å². The van der Waals surface area contributed by atoms with Gasteiger partial charge in [0, 0.05) is 46.5 Å². The van der Waals surface area contributed by atoms with Gasteiger partial charge in [-0.2, -0.15) is 0 Å². The van der Waals surface area contributed by atoms with E-state index in [9.17, 15) is 4.79 Å². The predicted octanol–water partition coefficient (Wildman–Crippen LogP) is 6.05. The lowest BCUT2D eigenvalue weighted by atomic mass is 10.0. The molecule has 0 radical (unpaired) electrons. The Kier molecular flexibility index (Phi) is 5.27. The van der Waals surface area contributed by atoms with Crippen molar-refractivity contribution < 1.29 is 4.79 Å². The van der Waals surface area contributed by atoms with Crippen LogP contribution in [0.1, 0.15) is 23.3 Å². The molecule has 3 heterocycles. The average Bonchev–Trinajstić information content (AvgIpc) is 3.38. The number of thiazole rings is 1. The van der Waals surface area contributed by atoms with Gasteiger partial charge < -0.3 is 15.2 Å². The molecule has 4 aromatic rings. The van der Waals surface area contributed by atoms with Gasteiger partial charge >= 0.3 is 0 Å². The molecule has 0 saturated heterocycles. The summed E-state index contributed by atoms with van der Waals surface area (Å²) in [6.45, 7) is 8.59. The Bertz CT molecular complexity index is 1330. The molecule has 1 saturated carbocycles. The SMILES string of the molecule is C=CC(=O)Nc1cc(-c2nc(Nc3ncc(C)s3)cc3c2ccn3CC2CC2)ccc1C. The zero-order chi connectivity index (χ0) is 22.2. The topological polar surface area (TPSA) is 71.8 Å². The van der Waals surface area contributed by atoms with Gasteiger partial charge in [-0.3, -0.25) is 4.79 Å². The molecule has 0 unspecified atom stereocenters. The van der Waals surface area contributed by atoms with Crippen LogP contribution < -0.4 is 10.6 Å². The molecular formula is C25H25N5OS. The number of carbonyl (C=O) groups excluding carboxylic acids is 1. The van der Waals surface area contributed by atoms with Crippen LogP contribution in [0.2, 0.25) is 0 Å². The molecule has 6 nitrogen and oxygen atoms in total. The molecule has 32 heavy (non-hydrogen) atoms. The van der Waals surface area contributed by atoms with E-state index in [4.69, 9.17) is 4.98 Å². The van der Waals surface area contributed by atoms with Gasteiger partial charge in [0.05, 0.1) is 11.2 Å². The van der Waals surface area contributed by atoms with E-state index < -0.39 is 0 Å². The highest BCUT2D eigenvalue weighted by atomic mass is 32.1. The van der Waals surface area contributed by atoms with Gasteiger partial charge in [0.15, 0.2) is 5.13 Å². The molecule has 1 aromatic carbocycles. The first-order valence-electron chi connectivity index (χ1n) is 10.7. The van der Waals surface area contributed by atoms with Crippen LogP contribution in [-0.4, -0.2) is 20.4 Å². The number of nitrogens with one attached hydrogen (secondary N) is 2. The summed E-state index contributed by atoms with van der Waals surface area (Å²) in [5.74, 6) is 1.30. The first-order chi connectivity index (χ1) is 15.5. The number of rotatable bonds is 7. The van der Waals surface area contributed by atoms with Gasteiger partial charge in [-0.05, 0) is 56.4 Å². The number of carbonyl (C=O) groups is 1. The highest BCUT2D eigenvalue weighted by Gasteiger charge is 2.23. The van der Waals surface area contributed by atoms with Crippen molar-refractivity contribution in [2.75, 3.05) is 10.6 Å². The molecule has 0 aliphatic heterocycles. The number of fused-ring (bicyclic) bond motifs is 1. The Labute approximate surface area is 191 Å². The number of hydrogen-bond donors (Lipinski definition) is 2. The zero-order valence-corrected chi connectivity index (χ0v) is 19.0. The molecule has 5 rings (SSSR count). The number of benzene rings is 1. The minimum absolute atomic E-state index is 0.228. The maximum Gasteiger partial charge on any atom is 0.247 e. The monoisotopic (exact) mass is 443 g/mol. The van der Waals surface area contributed by atoms with E-state index in [2.05, 4.69) is 51.2 Å². The van der Waals surface area contributed by atoms with Crippen LogP contribution >= 0.6 is 11.3 Å². The minimum Gasteiger partial charge on any atom is -0.347 e. The lowest BCUT2D eigenvalue weighted by Gasteiger charge is -2.13. The smallest absolute Gasteiger partial charge is 0.247 e. The highest BCUT2D eigenvalue weighted by Crippen LogP contribution is 2.36. The van der Waals surface area contributed by atoms with E-state index >= 15 is 0 Å². The van der Waals surface area contributed by atoms with Crippen molar-refractivity contribution in [3.05, 3.63) is 65.8 Å². The number of amides is 1. The molecule has 162 valence electrons. The summed E-state index contributed by atoms with van der Waals surface area (Å²) in [4.78, 5) is 22.4. The van der Waals surface area contributed by atoms with Crippen molar-refractivity contribution in [3.8, 4) is 11.3 Å². The predicted molar refractivity (Wildman–Crippen MR) is 132 cm³/mol. The average molecular weight is 444 g/mol. The van der Waals surface area contributed by atoms with E-state index in [1.165, 1.54) is 18.9 Å². The maximum absolute atomic E-state index is 11.9. The number of aromatic nitrogens is 3. The Morgan fingerprint density at radius 1 is 1.28 bits per heavy atom. The molecule has 0 bridgehead atoms. The van der Waals surface area contributed by atoms with E-state index in [1.54, 1.807) is 11.3 Å². The third-order valence-corrected chi connectivity index (χ3v) is 6.56. The fraction of sp³-hybridized carbons (Fsp3) is 0.240. The summed E-state index contributed by atoms with van der Waals surface area (Å²) in [6.07, 6.45) is 7.88. The van der Waals surface area contributed by atoms with Gasteiger partial charge in [0.2, 0.25) is 5.91 Å². The van der Waals surface area contributed by atoms with Gasteiger partial charge in [0.1, 0.15) is 5.82 Å². The molecule has 1 fully saturated rings. The Balaban J connectivity index is 1.62. The number of pyridine rings is 1. The fourth-order valence-electron chi connectivity index (χ4n) is 3.82. The van der Waals surface area contributed by atoms with Crippen LogP contribution in [0.25, 0.3) is 22.2 Å². The number of anilines is 3. The van der Waals surface area contributed by atoms with Crippen molar-refractivity contribution >= 4 is 44.8 Å². The van der Waals surface area contributed by atoms with Crippen molar-refractivity contribution in [1.82, 2.24) is 14.5 Å². The van der Waals surface area contributed by atoms with Crippen molar-refractivity contribution in [3.63, 3.8) is 0 Å². The molecule has 1 aliphatic rings. The molecule has 2 N–H and O–H groups in total. The molecule has 0 atom stereocenters. The number of aryl methyl sites for hydroxylation is 2. The molecule has 0 spiro atoms. The summed E-state index contributed by atoms with van der Waals surface area (Å²) < 4.78 is 2.32. The van der Waals surface area contributed by atoms with E-state index in [-0.39, 0.29) is 5.91 Å². The van der Waals surface area contributed by atoms with Gasteiger partial charge in [0.25, 0.3) is 0 Å². The van der Waals surface area contributed by atoms with E-state index in [0.717, 1.165) is 61.7 Å². The maximum atomic E-state index is 11.9. The quantitative estimate of drug-likeness (QED) is 0.341. The zero-order valence-electron chi connectivity index (χ0n) is 18.2. The molecule has 1 aliphatic carbocycles. The minimum atomic E-state index is -0.228. The second-order valence-electron chi connectivity index (χ2n) is 8.32. The largest absolute Gasteiger partial charge is 0.347 e. The lowest BCUT2D eigenvalue weighted by Crippen LogP contribution is -2.08. The van der Waals surface area contributed by atoms with Crippen molar-refractivity contribution in [2.24, 2.45) is 5.92 Å². The van der Waals surface area contributed by atoms with Gasteiger partial charge in [-0.25, -0.2) is 9.97 Å². The van der Waals surface area contributed by atoms with Crippen molar-refractivity contribution in [2.45, 2.75) is 33.2 Å². The van der Waals surface area contributed by atoms with Crippen LogP contribution in [-0.2, 0) is 11.3 Å². The van der Waals surface area contributed by atoms with E-state index in [0.29, 0.717) is 0 Å². The van der Waals surface area contributed by atoms with Crippen LogP contribution in [0.15, 0.2) is 55.4 Å². The summed E-state index contributed by atoms with van der Waals surface area (Å²) in [5, 5.41) is 8.20. The van der Waals surface area contributed by atoms with Gasteiger partial charge in [-0.1, -0.05) is 18.7 Å². The normalized spacial score (nSPS) is 13.3. The third kappa shape index (κ3) is 4.16. The molecule has 1 amide bonds. The second kappa shape index (κ2) is 8.24. The second-order valence-corrected chi connectivity index (χ2v) is 9.56. The Hall–Kier alpha value is -3.45. The fourth-order valence-corrected chi connectivity index (χ4v) is 4.49. The standard InChI is InChI=1S/C25H25N5OS/c1-4-23(31)27-20-11-18(8-5-15(20)2)24-19-9-10-30(14-17-6-7-17)21(19)12-22(28-24)29-25-26-13-16(3)32-25/h4-5,8-13,17H,1,6-7,14H2,2-3H3,(H,27,31)(H,26,28,29). The van der Waals surface area contributed by atoms with Crippen molar-refractivity contribution in [1.29, 1.82) is 0 Å². The van der Waals surface area contributed by atoms with Crippen LogP contribution in [0.4, 0.5) is 16.6 Å². The summed E-state index contributed by atoms with van der Waals surface area (Å²) in [7, 11) is 0. The summed E-state index contributed by atoms with van der Waals surface area (Å²) >= 11 is 1.60. The Morgan fingerprint density at radius 2 is 2.12 bits per heavy atom. The lowest BCUT2D eigenvalue weighted by molar-refractivity contribution is -0.111. The number of nitrogens with zero attached hydrogens (tertiary/aromatic N) is 3. The first-order valence-corrected chi connectivity index (χ1v) is 11.6. The summed E-state index contributed by atoms with van der Waals surface area (Å²) in [6, 6.07) is 10.3. The first kappa shape index (κ1) is 20.5. The third-order valence-electron chi connectivity index (χ3n) is 5.73. The van der Waals surface area contributed by atoms with E-state index in [1.807, 2.05) is 32.2 Å².